The van der Waals surface area contributed by atoms with Crippen molar-refractivity contribution in [1.29, 1.82) is 0 Å². The molecule has 0 aliphatic carbocycles. The minimum absolute atomic E-state index is 0.110. The van der Waals surface area contributed by atoms with Gasteiger partial charge in [-0.1, -0.05) is 12.1 Å². The standard InChI is InChI=1S/C15H21FN2O2/c1-12(13-3-5-14(16)6-4-13)18-8-2-7-17(9-10-18)11-15(19)20/h3-6,12H,2,7-11H2,1H3,(H,19,20). The van der Waals surface area contributed by atoms with Gasteiger partial charge in [-0.15, -0.1) is 0 Å². The van der Waals surface area contributed by atoms with Gasteiger partial charge in [-0.05, 0) is 31.0 Å². The Morgan fingerprint density at radius 3 is 2.60 bits per heavy atom. The minimum atomic E-state index is -0.773. The second kappa shape index (κ2) is 6.81. The molecule has 0 aromatic heterocycles. The maximum Gasteiger partial charge on any atom is 0.317 e. The van der Waals surface area contributed by atoms with Crippen LogP contribution in [0.3, 0.4) is 0 Å². The number of rotatable bonds is 4. The van der Waals surface area contributed by atoms with E-state index < -0.39 is 5.97 Å². The smallest absolute Gasteiger partial charge is 0.317 e. The number of halogens is 1. The van der Waals surface area contributed by atoms with Gasteiger partial charge in [-0.3, -0.25) is 14.6 Å². The summed E-state index contributed by atoms with van der Waals surface area (Å²) >= 11 is 0. The average molecular weight is 280 g/mol. The molecule has 1 saturated heterocycles. The highest BCUT2D eigenvalue weighted by molar-refractivity contribution is 5.69. The fourth-order valence-corrected chi connectivity index (χ4v) is 2.68. The van der Waals surface area contributed by atoms with Gasteiger partial charge in [0, 0.05) is 32.2 Å². The molecule has 0 amide bonds. The van der Waals surface area contributed by atoms with Crippen LogP contribution >= 0.6 is 0 Å². The van der Waals surface area contributed by atoms with Crippen LogP contribution in [0, 0.1) is 5.82 Å². The Bertz CT molecular complexity index is 450. The fraction of sp³-hybridized carbons (Fsp3) is 0.533. The van der Waals surface area contributed by atoms with Gasteiger partial charge in [0.25, 0.3) is 0 Å². The highest BCUT2D eigenvalue weighted by atomic mass is 19.1. The number of carboxylic acid groups (broad SMARTS) is 1. The Morgan fingerprint density at radius 2 is 1.95 bits per heavy atom. The topological polar surface area (TPSA) is 43.8 Å². The second-order valence-electron chi connectivity index (χ2n) is 5.29. The molecular weight excluding hydrogens is 259 g/mol. The molecule has 1 unspecified atom stereocenters. The lowest BCUT2D eigenvalue weighted by atomic mass is 10.1. The van der Waals surface area contributed by atoms with Gasteiger partial charge in [0.2, 0.25) is 0 Å². The SMILES string of the molecule is CC(c1ccc(F)cc1)N1CCCN(CC(=O)O)CC1. The Kier molecular flexibility index (Phi) is 5.09. The first kappa shape index (κ1) is 14.9. The van der Waals surface area contributed by atoms with Crippen LogP contribution in [-0.4, -0.2) is 53.6 Å². The van der Waals surface area contributed by atoms with Crippen molar-refractivity contribution in [2.24, 2.45) is 0 Å². The zero-order valence-electron chi connectivity index (χ0n) is 11.8. The summed E-state index contributed by atoms with van der Waals surface area (Å²) in [4.78, 5) is 15.1. The second-order valence-corrected chi connectivity index (χ2v) is 5.29. The fourth-order valence-electron chi connectivity index (χ4n) is 2.68. The van der Waals surface area contributed by atoms with Crippen molar-refractivity contribution in [1.82, 2.24) is 9.80 Å². The zero-order chi connectivity index (χ0) is 14.5. The Balaban J connectivity index is 1.95. The lowest BCUT2D eigenvalue weighted by molar-refractivity contribution is -0.138. The molecule has 1 heterocycles. The van der Waals surface area contributed by atoms with Crippen molar-refractivity contribution in [3.8, 4) is 0 Å². The number of nitrogens with zero attached hydrogens (tertiary/aromatic N) is 2. The maximum atomic E-state index is 13.0. The third-order valence-electron chi connectivity index (χ3n) is 3.88. The van der Waals surface area contributed by atoms with Crippen molar-refractivity contribution in [2.45, 2.75) is 19.4 Å². The molecule has 4 nitrogen and oxygen atoms in total. The van der Waals surface area contributed by atoms with E-state index in [2.05, 4.69) is 11.8 Å². The first-order valence-electron chi connectivity index (χ1n) is 7.00. The van der Waals surface area contributed by atoms with Crippen LogP contribution < -0.4 is 0 Å². The molecule has 1 aromatic rings. The van der Waals surface area contributed by atoms with Crippen molar-refractivity contribution < 1.29 is 14.3 Å². The van der Waals surface area contributed by atoms with Gasteiger partial charge < -0.3 is 5.11 Å². The van der Waals surface area contributed by atoms with E-state index in [-0.39, 0.29) is 18.4 Å². The molecule has 0 spiro atoms. The summed E-state index contributed by atoms with van der Waals surface area (Å²) in [5, 5.41) is 8.85. The maximum absolute atomic E-state index is 13.0. The molecule has 1 atom stereocenters. The Hall–Kier alpha value is -1.46. The number of carbonyl (C=O) groups is 1. The van der Waals surface area contributed by atoms with Crippen LogP contribution in [-0.2, 0) is 4.79 Å². The van der Waals surface area contributed by atoms with E-state index in [4.69, 9.17) is 5.11 Å². The zero-order valence-corrected chi connectivity index (χ0v) is 11.8. The quantitative estimate of drug-likeness (QED) is 0.916. The van der Waals surface area contributed by atoms with Gasteiger partial charge >= 0.3 is 5.97 Å². The van der Waals surface area contributed by atoms with Crippen LogP contribution in [0.25, 0.3) is 0 Å². The molecule has 1 N–H and O–H groups in total. The van der Waals surface area contributed by atoms with Gasteiger partial charge in [0.1, 0.15) is 5.82 Å². The van der Waals surface area contributed by atoms with Crippen LogP contribution in [0.2, 0.25) is 0 Å². The summed E-state index contributed by atoms with van der Waals surface area (Å²) in [5.41, 5.74) is 1.10. The number of benzene rings is 1. The summed E-state index contributed by atoms with van der Waals surface area (Å²) in [6.45, 7) is 5.58. The summed E-state index contributed by atoms with van der Waals surface area (Å²) in [6.07, 6.45) is 0.957. The number of hydrogen-bond donors (Lipinski definition) is 1. The van der Waals surface area contributed by atoms with Crippen LogP contribution in [0.1, 0.15) is 24.9 Å². The Labute approximate surface area is 118 Å². The summed E-state index contributed by atoms with van der Waals surface area (Å²) < 4.78 is 13.0. The lowest BCUT2D eigenvalue weighted by Crippen LogP contribution is -2.35. The molecule has 110 valence electrons. The first-order valence-corrected chi connectivity index (χ1v) is 7.00. The highest BCUT2D eigenvalue weighted by Crippen LogP contribution is 2.21. The van der Waals surface area contributed by atoms with Gasteiger partial charge in [-0.2, -0.15) is 0 Å². The predicted molar refractivity (Wildman–Crippen MR) is 75.1 cm³/mol. The normalized spacial score (nSPS) is 19.5. The number of hydrogen-bond acceptors (Lipinski definition) is 3. The monoisotopic (exact) mass is 280 g/mol. The van der Waals surface area contributed by atoms with E-state index >= 15 is 0 Å². The number of carboxylic acids is 1. The van der Waals surface area contributed by atoms with E-state index in [9.17, 15) is 9.18 Å². The third-order valence-corrected chi connectivity index (χ3v) is 3.88. The third kappa shape index (κ3) is 4.02. The van der Waals surface area contributed by atoms with Gasteiger partial charge in [0.15, 0.2) is 0 Å². The van der Waals surface area contributed by atoms with E-state index in [0.717, 1.165) is 38.2 Å². The first-order chi connectivity index (χ1) is 9.56. The van der Waals surface area contributed by atoms with Crippen molar-refractivity contribution >= 4 is 5.97 Å². The van der Waals surface area contributed by atoms with E-state index in [0.29, 0.717) is 0 Å². The molecule has 1 aliphatic heterocycles. The van der Waals surface area contributed by atoms with E-state index in [1.54, 1.807) is 0 Å². The van der Waals surface area contributed by atoms with Crippen LogP contribution in [0.15, 0.2) is 24.3 Å². The average Bonchev–Trinajstić information content (AvgIpc) is 2.64. The summed E-state index contributed by atoms with van der Waals surface area (Å²) in [5.74, 6) is -0.991. The lowest BCUT2D eigenvalue weighted by Gasteiger charge is -2.28. The molecular formula is C15H21FN2O2. The van der Waals surface area contributed by atoms with Crippen molar-refractivity contribution in [3.05, 3.63) is 35.6 Å². The molecule has 20 heavy (non-hydrogen) atoms. The molecule has 2 rings (SSSR count). The van der Waals surface area contributed by atoms with Crippen molar-refractivity contribution in [3.63, 3.8) is 0 Å². The molecule has 0 radical (unpaired) electrons. The number of aliphatic carboxylic acids is 1. The molecule has 0 saturated carbocycles. The summed E-state index contributed by atoms with van der Waals surface area (Å²) in [7, 11) is 0. The molecule has 1 aromatic carbocycles. The predicted octanol–water partition coefficient (Wildman–Crippen LogP) is 1.98. The van der Waals surface area contributed by atoms with Crippen LogP contribution in [0.4, 0.5) is 4.39 Å². The van der Waals surface area contributed by atoms with E-state index in [1.165, 1.54) is 12.1 Å². The minimum Gasteiger partial charge on any atom is -0.480 e. The Morgan fingerprint density at radius 1 is 1.25 bits per heavy atom. The molecule has 1 aliphatic rings. The van der Waals surface area contributed by atoms with Crippen LogP contribution in [0.5, 0.6) is 0 Å². The summed E-state index contributed by atoms with van der Waals surface area (Å²) in [6, 6.07) is 6.83. The highest BCUT2D eigenvalue weighted by Gasteiger charge is 2.21. The van der Waals surface area contributed by atoms with E-state index in [1.807, 2.05) is 17.0 Å². The van der Waals surface area contributed by atoms with Gasteiger partial charge in [-0.25, -0.2) is 4.39 Å². The molecule has 0 bridgehead atoms. The van der Waals surface area contributed by atoms with Crippen molar-refractivity contribution in [2.75, 3.05) is 32.7 Å². The molecule has 5 heteroatoms. The molecule has 1 fully saturated rings. The largest absolute Gasteiger partial charge is 0.480 e. The van der Waals surface area contributed by atoms with Gasteiger partial charge in [0.05, 0.1) is 6.54 Å².